The molecule has 0 aromatic carbocycles. The van der Waals surface area contributed by atoms with Gasteiger partial charge in [-0.2, -0.15) is 0 Å². The zero-order chi connectivity index (χ0) is 23.9. The van der Waals surface area contributed by atoms with E-state index in [0.717, 1.165) is 44.9 Å². The van der Waals surface area contributed by atoms with Crippen molar-refractivity contribution in [3.63, 3.8) is 0 Å². The van der Waals surface area contributed by atoms with Crippen LogP contribution in [0.3, 0.4) is 0 Å². The van der Waals surface area contributed by atoms with Gasteiger partial charge >= 0.3 is 0 Å². The van der Waals surface area contributed by atoms with E-state index in [1.165, 1.54) is 83.1 Å². The van der Waals surface area contributed by atoms with Gasteiger partial charge < -0.3 is 0 Å². The highest BCUT2D eigenvalue weighted by molar-refractivity contribution is 4.99. The van der Waals surface area contributed by atoms with Crippen molar-refractivity contribution in [3.05, 3.63) is 12.2 Å². The molecule has 0 N–H and O–H groups in total. The number of halogens is 2. The fraction of sp³-hybridized carbons (Fsp3) is 0.933. The first-order valence-electron chi connectivity index (χ1n) is 14.6. The summed E-state index contributed by atoms with van der Waals surface area (Å²) in [7, 11) is 0. The molecular weight excluding hydrogens is 398 g/mol. The SMILES string of the molecule is CCCCCCCC(C/C=C/C(F)(F)C(CCCCC)CCCCCC)CCCCCC. The first-order valence-corrected chi connectivity index (χ1v) is 14.6. The lowest BCUT2D eigenvalue weighted by Gasteiger charge is -2.25. The second kappa shape index (κ2) is 22.4. The maximum Gasteiger partial charge on any atom is 0.269 e. The fourth-order valence-corrected chi connectivity index (χ4v) is 4.82. The smallest absolute Gasteiger partial charge is 0.202 e. The second-order valence-corrected chi connectivity index (χ2v) is 10.3. The molecule has 0 saturated heterocycles. The van der Waals surface area contributed by atoms with Gasteiger partial charge in [-0.05, 0) is 31.3 Å². The highest BCUT2D eigenvalue weighted by atomic mass is 19.3. The summed E-state index contributed by atoms with van der Waals surface area (Å²) >= 11 is 0. The van der Waals surface area contributed by atoms with Crippen LogP contribution in [-0.2, 0) is 0 Å². The van der Waals surface area contributed by atoms with Crippen LogP contribution in [0.4, 0.5) is 8.78 Å². The van der Waals surface area contributed by atoms with Gasteiger partial charge in [-0.3, -0.25) is 0 Å². The summed E-state index contributed by atoms with van der Waals surface area (Å²) in [4.78, 5) is 0. The maximum atomic E-state index is 15.1. The third kappa shape index (κ3) is 18.1. The summed E-state index contributed by atoms with van der Waals surface area (Å²) in [5.41, 5.74) is 0. The first kappa shape index (κ1) is 31.6. The van der Waals surface area contributed by atoms with Gasteiger partial charge in [-0.15, -0.1) is 0 Å². The molecular formula is C30H58F2. The van der Waals surface area contributed by atoms with Crippen molar-refractivity contribution in [2.24, 2.45) is 11.8 Å². The molecule has 0 aliphatic carbocycles. The van der Waals surface area contributed by atoms with Gasteiger partial charge in [0.05, 0.1) is 0 Å². The Labute approximate surface area is 201 Å². The van der Waals surface area contributed by atoms with E-state index in [9.17, 15) is 0 Å². The minimum atomic E-state index is -2.64. The molecule has 0 aliphatic heterocycles. The number of rotatable bonds is 24. The standard InChI is InChI=1S/C30H58F2/c1-5-9-13-16-19-23-28(22-18-14-10-6-2)24-21-27-30(31,32)29(25-17-12-8-4)26-20-15-11-7-3/h21,27-29H,5-20,22-26H2,1-4H3/b27-21+. The first-order chi connectivity index (χ1) is 15.5. The van der Waals surface area contributed by atoms with Crippen LogP contribution in [0.1, 0.15) is 163 Å². The maximum absolute atomic E-state index is 15.1. The topological polar surface area (TPSA) is 0 Å². The predicted octanol–water partition coefficient (Wildman–Crippen LogP) is 11.7. The molecule has 2 atom stereocenters. The summed E-state index contributed by atoms with van der Waals surface area (Å²) in [5.74, 6) is -2.53. The highest BCUT2D eigenvalue weighted by Gasteiger charge is 2.35. The van der Waals surface area contributed by atoms with Crippen molar-refractivity contribution in [3.8, 4) is 0 Å². The second-order valence-electron chi connectivity index (χ2n) is 10.3. The van der Waals surface area contributed by atoms with E-state index in [1.54, 1.807) is 0 Å². The lowest BCUT2D eigenvalue weighted by Crippen LogP contribution is -2.26. The average Bonchev–Trinajstić information content (AvgIpc) is 2.77. The van der Waals surface area contributed by atoms with Crippen molar-refractivity contribution in [1.29, 1.82) is 0 Å². The molecule has 0 spiro atoms. The van der Waals surface area contributed by atoms with Crippen LogP contribution in [-0.4, -0.2) is 5.92 Å². The van der Waals surface area contributed by atoms with Crippen LogP contribution in [0.25, 0.3) is 0 Å². The number of unbranched alkanes of at least 4 members (excludes halogenated alkanes) is 12. The van der Waals surface area contributed by atoms with E-state index in [4.69, 9.17) is 0 Å². The monoisotopic (exact) mass is 456 g/mol. The summed E-state index contributed by atoms with van der Waals surface area (Å²) in [6.07, 6.45) is 26.9. The van der Waals surface area contributed by atoms with Crippen LogP contribution in [0.2, 0.25) is 0 Å². The largest absolute Gasteiger partial charge is 0.269 e. The molecule has 0 fully saturated rings. The predicted molar refractivity (Wildman–Crippen MR) is 141 cm³/mol. The van der Waals surface area contributed by atoms with Crippen molar-refractivity contribution in [2.45, 2.75) is 168 Å². The number of allylic oxidation sites excluding steroid dienone is 2. The lowest BCUT2D eigenvalue weighted by atomic mass is 9.87. The summed E-state index contributed by atoms with van der Waals surface area (Å²) in [5, 5.41) is 0. The molecule has 0 aromatic rings. The van der Waals surface area contributed by atoms with Gasteiger partial charge in [-0.25, -0.2) is 8.78 Å². The van der Waals surface area contributed by atoms with Crippen LogP contribution < -0.4 is 0 Å². The van der Waals surface area contributed by atoms with Gasteiger partial charge in [0.2, 0.25) is 0 Å². The zero-order valence-corrected chi connectivity index (χ0v) is 22.4. The van der Waals surface area contributed by atoms with Crippen LogP contribution >= 0.6 is 0 Å². The van der Waals surface area contributed by atoms with E-state index in [-0.39, 0.29) is 0 Å². The molecule has 0 aromatic heterocycles. The van der Waals surface area contributed by atoms with Gasteiger partial charge in [0.1, 0.15) is 0 Å². The van der Waals surface area contributed by atoms with Crippen molar-refractivity contribution >= 4 is 0 Å². The van der Waals surface area contributed by atoms with Gasteiger partial charge in [0, 0.05) is 5.92 Å². The van der Waals surface area contributed by atoms with E-state index in [1.807, 2.05) is 6.08 Å². The number of alkyl halides is 2. The Morgan fingerprint density at radius 1 is 0.531 bits per heavy atom. The van der Waals surface area contributed by atoms with Gasteiger partial charge in [0.25, 0.3) is 5.92 Å². The Balaban J connectivity index is 4.77. The highest BCUT2D eigenvalue weighted by Crippen LogP contribution is 2.35. The van der Waals surface area contributed by atoms with Gasteiger partial charge in [0.15, 0.2) is 0 Å². The third-order valence-electron chi connectivity index (χ3n) is 7.10. The Kier molecular flexibility index (Phi) is 22.1. The van der Waals surface area contributed by atoms with E-state index >= 15 is 8.78 Å². The lowest BCUT2D eigenvalue weighted by molar-refractivity contribution is -0.0186. The molecule has 0 heterocycles. The van der Waals surface area contributed by atoms with Gasteiger partial charge in [-0.1, -0.05) is 149 Å². The molecule has 0 saturated carbocycles. The van der Waals surface area contributed by atoms with Crippen molar-refractivity contribution < 1.29 is 8.78 Å². The summed E-state index contributed by atoms with van der Waals surface area (Å²) < 4.78 is 30.3. The Morgan fingerprint density at radius 2 is 0.906 bits per heavy atom. The van der Waals surface area contributed by atoms with Crippen molar-refractivity contribution in [2.75, 3.05) is 0 Å². The molecule has 0 rings (SSSR count). The Morgan fingerprint density at radius 3 is 1.41 bits per heavy atom. The zero-order valence-electron chi connectivity index (χ0n) is 22.4. The normalized spacial score (nSPS) is 14.3. The van der Waals surface area contributed by atoms with E-state index < -0.39 is 11.8 Å². The van der Waals surface area contributed by atoms with Crippen LogP contribution in [0.15, 0.2) is 12.2 Å². The molecule has 2 heteroatoms. The molecule has 0 nitrogen and oxygen atoms in total. The summed E-state index contributed by atoms with van der Waals surface area (Å²) in [6.45, 7) is 8.83. The Hall–Kier alpha value is -0.400. The molecule has 32 heavy (non-hydrogen) atoms. The quantitative estimate of drug-likeness (QED) is 0.1000. The molecule has 0 aliphatic rings. The molecule has 192 valence electrons. The number of hydrogen-bond donors (Lipinski definition) is 0. The minimum Gasteiger partial charge on any atom is -0.202 e. The minimum absolute atomic E-state index is 0.473. The number of hydrogen-bond acceptors (Lipinski definition) is 0. The van der Waals surface area contributed by atoms with E-state index in [0.29, 0.717) is 18.8 Å². The average molecular weight is 457 g/mol. The molecule has 0 amide bonds. The van der Waals surface area contributed by atoms with Crippen LogP contribution in [0, 0.1) is 11.8 Å². The third-order valence-corrected chi connectivity index (χ3v) is 7.10. The van der Waals surface area contributed by atoms with E-state index in [2.05, 4.69) is 27.7 Å². The molecule has 2 unspecified atom stereocenters. The fourth-order valence-electron chi connectivity index (χ4n) is 4.82. The van der Waals surface area contributed by atoms with Crippen molar-refractivity contribution in [1.82, 2.24) is 0 Å². The Bertz CT molecular complexity index is 402. The summed E-state index contributed by atoms with van der Waals surface area (Å²) in [6, 6.07) is 0. The molecule has 0 radical (unpaired) electrons. The van der Waals surface area contributed by atoms with Crippen LogP contribution in [0.5, 0.6) is 0 Å². The molecule has 0 bridgehead atoms.